The lowest BCUT2D eigenvalue weighted by Gasteiger charge is -2.10. The molecule has 6 heteroatoms. The van der Waals surface area contributed by atoms with Crippen LogP contribution in [0, 0.1) is 0 Å². The molecule has 0 amide bonds. The van der Waals surface area contributed by atoms with E-state index in [1.54, 1.807) is 7.11 Å². The Bertz CT molecular complexity index is 585. The number of ether oxygens (including phenoxy) is 1. The minimum absolute atomic E-state index is 0.244. The van der Waals surface area contributed by atoms with Crippen molar-refractivity contribution in [3.8, 4) is 17.2 Å². The molecule has 0 spiro atoms. The van der Waals surface area contributed by atoms with Gasteiger partial charge in [-0.05, 0) is 18.6 Å². The number of hydrogen-bond donors (Lipinski definition) is 1. The van der Waals surface area contributed by atoms with Crippen LogP contribution in [0.3, 0.4) is 0 Å². The molecule has 1 N–H and O–H groups in total. The predicted octanol–water partition coefficient (Wildman–Crippen LogP) is 1.31. The highest BCUT2D eigenvalue weighted by Gasteiger charge is 2.22. The fourth-order valence-corrected chi connectivity index (χ4v) is 2.39. The molecule has 1 aromatic heterocycles. The zero-order chi connectivity index (χ0) is 13.9. The second kappa shape index (κ2) is 5.60. The topological polar surface area (TPSA) is 71.6 Å². The van der Waals surface area contributed by atoms with E-state index in [0.29, 0.717) is 30.6 Å². The Labute approximate surface area is 117 Å². The van der Waals surface area contributed by atoms with Crippen molar-refractivity contribution >= 4 is 0 Å². The molecule has 2 heterocycles. The predicted molar refractivity (Wildman–Crippen MR) is 72.2 cm³/mol. The van der Waals surface area contributed by atoms with Crippen molar-refractivity contribution in [1.82, 2.24) is 15.1 Å². The van der Waals surface area contributed by atoms with Crippen molar-refractivity contribution in [2.24, 2.45) is 0 Å². The molecule has 1 fully saturated rings. The molecule has 0 aliphatic carbocycles. The molecule has 1 atom stereocenters. The lowest BCUT2D eigenvalue weighted by atomic mass is 10.2. The number of aliphatic hydroxyl groups excluding tert-OH is 1. The number of likely N-dealkylation sites (tertiary alicyclic amines) is 1. The molecular formula is C14H17N3O3. The number of β-amino-alcohol motifs (C(OH)–C–C–N with tert-alkyl or cyclic N) is 1. The molecule has 0 unspecified atom stereocenters. The standard InChI is InChI=1S/C14H17N3O3/c1-19-12-5-3-2-4-11(12)14-16-15-13(20-14)9-17-7-6-10(18)8-17/h2-5,10,18H,6-9H2,1H3/t10-/m1/s1. The Morgan fingerprint density at radius 1 is 1.40 bits per heavy atom. The van der Waals surface area contributed by atoms with Crippen LogP contribution in [-0.4, -0.2) is 46.5 Å². The quantitative estimate of drug-likeness (QED) is 0.907. The molecule has 3 rings (SSSR count). The number of nitrogens with zero attached hydrogens (tertiary/aromatic N) is 3. The highest BCUT2D eigenvalue weighted by atomic mass is 16.5. The van der Waals surface area contributed by atoms with Crippen LogP contribution < -0.4 is 4.74 Å². The van der Waals surface area contributed by atoms with Gasteiger partial charge in [-0.1, -0.05) is 12.1 Å². The first-order chi connectivity index (χ1) is 9.76. The van der Waals surface area contributed by atoms with Gasteiger partial charge in [0.25, 0.3) is 5.89 Å². The van der Waals surface area contributed by atoms with Crippen LogP contribution in [-0.2, 0) is 6.54 Å². The summed E-state index contributed by atoms with van der Waals surface area (Å²) in [6, 6.07) is 7.54. The smallest absolute Gasteiger partial charge is 0.251 e. The molecule has 2 aromatic rings. The number of rotatable bonds is 4. The van der Waals surface area contributed by atoms with Crippen molar-refractivity contribution in [2.45, 2.75) is 19.1 Å². The van der Waals surface area contributed by atoms with E-state index in [9.17, 15) is 5.11 Å². The van der Waals surface area contributed by atoms with Crippen LogP contribution in [0.2, 0.25) is 0 Å². The minimum Gasteiger partial charge on any atom is -0.496 e. The third-order valence-electron chi connectivity index (χ3n) is 3.41. The molecule has 0 bridgehead atoms. The van der Waals surface area contributed by atoms with Crippen LogP contribution in [0.5, 0.6) is 5.75 Å². The Morgan fingerprint density at radius 3 is 3.00 bits per heavy atom. The van der Waals surface area contributed by atoms with Crippen molar-refractivity contribution in [3.63, 3.8) is 0 Å². The van der Waals surface area contributed by atoms with Crippen LogP contribution in [0.25, 0.3) is 11.5 Å². The molecule has 1 saturated heterocycles. The van der Waals surface area contributed by atoms with Crippen LogP contribution in [0.4, 0.5) is 0 Å². The Balaban J connectivity index is 1.76. The molecular weight excluding hydrogens is 258 g/mol. The van der Waals surface area contributed by atoms with Crippen molar-refractivity contribution in [1.29, 1.82) is 0 Å². The number of hydrogen-bond acceptors (Lipinski definition) is 6. The second-order valence-corrected chi connectivity index (χ2v) is 4.88. The molecule has 1 aliphatic heterocycles. The SMILES string of the molecule is COc1ccccc1-c1nnc(CN2CC[C@@H](O)C2)o1. The van der Waals surface area contributed by atoms with Gasteiger partial charge in [0.15, 0.2) is 0 Å². The zero-order valence-corrected chi connectivity index (χ0v) is 11.3. The number of para-hydroxylation sites is 1. The third kappa shape index (κ3) is 2.66. The molecule has 20 heavy (non-hydrogen) atoms. The largest absolute Gasteiger partial charge is 0.496 e. The maximum Gasteiger partial charge on any atom is 0.251 e. The Morgan fingerprint density at radius 2 is 2.25 bits per heavy atom. The minimum atomic E-state index is -0.244. The first-order valence-corrected chi connectivity index (χ1v) is 6.62. The Kier molecular flexibility index (Phi) is 3.66. The summed E-state index contributed by atoms with van der Waals surface area (Å²) in [5.74, 6) is 1.72. The summed E-state index contributed by atoms with van der Waals surface area (Å²) in [5.41, 5.74) is 0.787. The van der Waals surface area contributed by atoms with Gasteiger partial charge in [0.1, 0.15) is 5.75 Å². The maximum absolute atomic E-state index is 9.50. The lowest BCUT2D eigenvalue weighted by Crippen LogP contribution is -2.21. The van der Waals surface area contributed by atoms with E-state index in [4.69, 9.17) is 9.15 Å². The summed E-state index contributed by atoms with van der Waals surface area (Å²) in [7, 11) is 1.61. The van der Waals surface area contributed by atoms with Gasteiger partial charge >= 0.3 is 0 Å². The lowest BCUT2D eigenvalue weighted by molar-refractivity contribution is 0.171. The highest BCUT2D eigenvalue weighted by molar-refractivity contribution is 5.62. The van der Waals surface area contributed by atoms with E-state index in [2.05, 4.69) is 15.1 Å². The molecule has 106 valence electrons. The fourth-order valence-electron chi connectivity index (χ4n) is 2.39. The van der Waals surface area contributed by atoms with Gasteiger partial charge in [-0.2, -0.15) is 0 Å². The van der Waals surface area contributed by atoms with E-state index < -0.39 is 0 Å². The number of methoxy groups -OCH3 is 1. The molecule has 6 nitrogen and oxygen atoms in total. The average Bonchev–Trinajstić information content (AvgIpc) is 3.08. The van der Waals surface area contributed by atoms with E-state index in [-0.39, 0.29) is 6.10 Å². The van der Waals surface area contributed by atoms with Crippen molar-refractivity contribution in [3.05, 3.63) is 30.2 Å². The van der Waals surface area contributed by atoms with Gasteiger partial charge in [0.2, 0.25) is 5.89 Å². The van der Waals surface area contributed by atoms with Crippen molar-refractivity contribution < 1.29 is 14.3 Å². The zero-order valence-electron chi connectivity index (χ0n) is 11.3. The summed E-state index contributed by atoms with van der Waals surface area (Å²) >= 11 is 0. The third-order valence-corrected chi connectivity index (χ3v) is 3.41. The van der Waals surface area contributed by atoms with Gasteiger partial charge in [-0.3, -0.25) is 4.90 Å². The van der Waals surface area contributed by atoms with Gasteiger partial charge in [-0.15, -0.1) is 10.2 Å². The fraction of sp³-hybridized carbons (Fsp3) is 0.429. The van der Waals surface area contributed by atoms with Crippen LogP contribution in [0.1, 0.15) is 12.3 Å². The van der Waals surface area contributed by atoms with Gasteiger partial charge in [0.05, 0.1) is 25.3 Å². The van der Waals surface area contributed by atoms with Crippen LogP contribution >= 0.6 is 0 Å². The summed E-state index contributed by atoms with van der Waals surface area (Å²) in [4.78, 5) is 2.10. The summed E-state index contributed by atoms with van der Waals surface area (Å²) in [6.45, 7) is 2.08. The summed E-state index contributed by atoms with van der Waals surface area (Å²) in [6.07, 6.45) is 0.555. The molecule has 0 saturated carbocycles. The van der Waals surface area contributed by atoms with Gasteiger partial charge in [0, 0.05) is 13.1 Å². The highest BCUT2D eigenvalue weighted by Crippen LogP contribution is 2.28. The monoisotopic (exact) mass is 275 g/mol. The van der Waals surface area contributed by atoms with Gasteiger partial charge < -0.3 is 14.3 Å². The summed E-state index contributed by atoms with van der Waals surface area (Å²) < 4.78 is 11.0. The van der Waals surface area contributed by atoms with E-state index >= 15 is 0 Å². The van der Waals surface area contributed by atoms with Crippen LogP contribution in [0.15, 0.2) is 28.7 Å². The van der Waals surface area contributed by atoms with Crippen molar-refractivity contribution in [2.75, 3.05) is 20.2 Å². The maximum atomic E-state index is 9.50. The average molecular weight is 275 g/mol. The van der Waals surface area contributed by atoms with E-state index in [1.165, 1.54) is 0 Å². The van der Waals surface area contributed by atoms with E-state index in [1.807, 2.05) is 24.3 Å². The molecule has 0 radical (unpaired) electrons. The number of aromatic nitrogens is 2. The number of aliphatic hydroxyl groups is 1. The first-order valence-electron chi connectivity index (χ1n) is 6.62. The molecule has 1 aromatic carbocycles. The van der Waals surface area contributed by atoms with E-state index in [0.717, 1.165) is 18.5 Å². The van der Waals surface area contributed by atoms with Gasteiger partial charge in [-0.25, -0.2) is 0 Å². The molecule has 1 aliphatic rings. The Hall–Kier alpha value is -1.92. The first kappa shape index (κ1) is 13.1. The number of benzene rings is 1. The summed E-state index contributed by atoms with van der Waals surface area (Å²) in [5, 5.41) is 17.6. The normalized spacial score (nSPS) is 19.4. The second-order valence-electron chi connectivity index (χ2n) is 4.88.